The Labute approximate surface area is 112 Å². The lowest BCUT2D eigenvalue weighted by atomic mass is 9.79. The number of carbonyl (C=O) groups is 1. The molecular formula is C13H21N3OS. The number of carbonyl (C=O) groups excluding carboxylic acids is 1. The lowest BCUT2D eigenvalue weighted by Gasteiger charge is -2.29. The Morgan fingerprint density at radius 1 is 1.44 bits per heavy atom. The van der Waals surface area contributed by atoms with E-state index in [9.17, 15) is 4.79 Å². The first-order valence-corrected chi connectivity index (χ1v) is 7.48. The average Bonchev–Trinajstić information content (AvgIpc) is 2.65. The number of hydrogen-bond donors (Lipinski definition) is 2. The molecule has 18 heavy (non-hydrogen) atoms. The number of nitrogens with zero attached hydrogens (tertiary/aromatic N) is 1. The SMILES string of the molecule is Cc1csc(NC(=O)C2(CN)CCCCCC2)n1. The quantitative estimate of drug-likeness (QED) is 0.827. The summed E-state index contributed by atoms with van der Waals surface area (Å²) in [5, 5.41) is 5.57. The van der Waals surface area contributed by atoms with Crippen LogP contribution in [0.15, 0.2) is 5.38 Å². The summed E-state index contributed by atoms with van der Waals surface area (Å²) >= 11 is 1.47. The molecule has 0 spiro atoms. The Kier molecular flexibility index (Phi) is 4.35. The van der Waals surface area contributed by atoms with Crippen molar-refractivity contribution in [2.75, 3.05) is 11.9 Å². The van der Waals surface area contributed by atoms with Crippen molar-refractivity contribution in [3.8, 4) is 0 Å². The van der Waals surface area contributed by atoms with Gasteiger partial charge in [0.15, 0.2) is 5.13 Å². The van der Waals surface area contributed by atoms with Crippen LogP contribution in [0.4, 0.5) is 5.13 Å². The molecule has 100 valence electrons. The van der Waals surface area contributed by atoms with Gasteiger partial charge in [-0.25, -0.2) is 4.98 Å². The van der Waals surface area contributed by atoms with Crippen LogP contribution in [0.2, 0.25) is 0 Å². The van der Waals surface area contributed by atoms with E-state index in [-0.39, 0.29) is 11.3 Å². The minimum absolute atomic E-state index is 0.0567. The van der Waals surface area contributed by atoms with Gasteiger partial charge >= 0.3 is 0 Å². The van der Waals surface area contributed by atoms with E-state index >= 15 is 0 Å². The van der Waals surface area contributed by atoms with Gasteiger partial charge in [-0.3, -0.25) is 4.79 Å². The smallest absolute Gasteiger partial charge is 0.233 e. The number of hydrogen-bond acceptors (Lipinski definition) is 4. The maximum atomic E-state index is 12.5. The molecule has 0 aliphatic heterocycles. The van der Waals surface area contributed by atoms with Crippen LogP contribution in [-0.2, 0) is 4.79 Å². The summed E-state index contributed by atoms with van der Waals surface area (Å²) < 4.78 is 0. The topological polar surface area (TPSA) is 68.0 Å². The highest BCUT2D eigenvalue weighted by Crippen LogP contribution is 2.35. The van der Waals surface area contributed by atoms with Crippen LogP contribution in [0.5, 0.6) is 0 Å². The molecule has 1 saturated carbocycles. The Balaban J connectivity index is 2.08. The van der Waals surface area contributed by atoms with Crippen molar-refractivity contribution in [3.63, 3.8) is 0 Å². The molecule has 1 aromatic heterocycles. The van der Waals surface area contributed by atoms with Crippen LogP contribution in [0, 0.1) is 12.3 Å². The maximum Gasteiger partial charge on any atom is 0.233 e. The zero-order valence-electron chi connectivity index (χ0n) is 10.9. The number of aryl methyl sites for hydroxylation is 1. The first-order chi connectivity index (χ1) is 8.66. The van der Waals surface area contributed by atoms with Crippen LogP contribution in [0.1, 0.15) is 44.2 Å². The summed E-state index contributed by atoms with van der Waals surface area (Å²) in [5.74, 6) is 0.0567. The van der Waals surface area contributed by atoms with E-state index in [1.807, 2.05) is 12.3 Å². The second-order valence-corrected chi connectivity index (χ2v) is 6.00. The molecule has 1 amide bonds. The average molecular weight is 267 g/mol. The van der Waals surface area contributed by atoms with Crippen molar-refractivity contribution in [1.29, 1.82) is 0 Å². The number of nitrogens with one attached hydrogen (secondary N) is 1. The number of nitrogens with two attached hydrogens (primary N) is 1. The molecule has 5 heteroatoms. The highest BCUT2D eigenvalue weighted by atomic mass is 32.1. The molecule has 0 aromatic carbocycles. The first-order valence-electron chi connectivity index (χ1n) is 6.60. The van der Waals surface area contributed by atoms with E-state index < -0.39 is 0 Å². The molecule has 0 atom stereocenters. The number of amides is 1. The van der Waals surface area contributed by atoms with Crippen LogP contribution in [0.3, 0.4) is 0 Å². The van der Waals surface area contributed by atoms with Gasteiger partial charge in [0, 0.05) is 11.9 Å². The van der Waals surface area contributed by atoms with E-state index in [1.165, 1.54) is 24.2 Å². The standard InChI is InChI=1S/C13H21N3OS/c1-10-8-18-12(15-10)16-11(17)13(9-14)6-4-2-3-5-7-13/h8H,2-7,9,14H2,1H3,(H,15,16,17). The third-order valence-electron chi connectivity index (χ3n) is 3.77. The van der Waals surface area contributed by atoms with Gasteiger partial charge in [0.25, 0.3) is 0 Å². The van der Waals surface area contributed by atoms with Gasteiger partial charge < -0.3 is 11.1 Å². The van der Waals surface area contributed by atoms with E-state index in [0.29, 0.717) is 11.7 Å². The van der Waals surface area contributed by atoms with Crippen molar-refractivity contribution in [2.24, 2.45) is 11.1 Å². The van der Waals surface area contributed by atoms with Crippen molar-refractivity contribution in [3.05, 3.63) is 11.1 Å². The molecule has 1 heterocycles. The number of aromatic nitrogens is 1. The van der Waals surface area contributed by atoms with Crippen molar-refractivity contribution in [1.82, 2.24) is 4.98 Å². The van der Waals surface area contributed by atoms with Crippen LogP contribution < -0.4 is 11.1 Å². The van der Waals surface area contributed by atoms with Gasteiger partial charge in [0.1, 0.15) is 0 Å². The molecule has 0 unspecified atom stereocenters. The zero-order chi connectivity index (χ0) is 13.0. The summed E-state index contributed by atoms with van der Waals surface area (Å²) in [4.78, 5) is 16.7. The van der Waals surface area contributed by atoms with Gasteiger partial charge in [-0.15, -0.1) is 11.3 Å². The summed E-state index contributed by atoms with van der Waals surface area (Å²) in [7, 11) is 0. The van der Waals surface area contributed by atoms with Gasteiger partial charge in [0.05, 0.1) is 11.1 Å². The second kappa shape index (κ2) is 5.80. The molecule has 4 nitrogen and oxygen atoms in total. The van der Waals surface area contributed by atoms with Crippen molar-refractivity contribution < 1.29 is 4.79 Å². The van der Waals surface area contributed by atoms with Crippen molar-refractivity contribution >= 4 is 22.4 Å². The Hall–Kier alpha value is -0.940. The van der Waals surface area contributed by atoms with Gasteiger partial charge in [0.2, 0.25) is 5.91 Å². The maximum absolute atomic E-state index is 12.5. The van der Waals surface area contributed by atoms with Gasteiger partial charge in [-0.1, -0.05) is 25.7 Å². The fourth-order valence-corrected chi connectivity index (χ4v) is 3.25. The Bertz CT molecular complexity index is 408. The van der Waals surface area contributed by atoms with Crippen LogP contribution in [0.25, 0.3) is 0 Å². The predicted molar refractivity (Wildman–Crippen MR) is 74.7 cm³/mol. The lowest BCUT2D eigenvalue weighted by molar-refractivity contribution is -0.125. The van der Waals surface area contributed by atoms with E-state index in [1.54, 1.807) is 0 Å². The molecule has 0 radical (unpaired) electrons. The predicted octanol–water partition coefficient (Wildman–Crippen LogP) is 2.69. The minimum Gasteiger partial charge on any atom is -0.329 e. The highest BCUT2D eigenvalue weighted by Gasteiger charge is 2.37. The Morgan fingerprint density at radius 2 is 2.11 bits per heavy atom. The van der Waals surface area contributed by atoms with Crippen LogP contribution >= 0.6 is 11.3 Å². The highest BCUT2D eigenvalue weighted by molar-refractivity contribution is 7.13. The number of rotatable bonds is 3. The normalized spacial score (nSPS) is 19.2. The zero-order valence-corrected chi connectivity index (χ0v) is 11.7. The fraction of sp³-hybridized carbons (Fsp3) is 0.692. The second-order valence-electron chi connectivity index (χ2n) is 5.15. The third kappa shape index (κ3) is 2.90. The molecule has 1 aliphatic rings. The summed E-state index contributed by atoms with van der Waals surface area (Å²) in [6.07, 6.45) is 6.43. The molecule has 2 rings (SSSR count). The minimum atomic E-state index is -0.379. The van der Waals surface area contributed by atoms with Crippen molar-refractivity contribution in [2.45, 2.75) is 45.4 Å². The van der Waals surface area contributed by atoms with Gasteiger partial charge in [-0.05, 0) is 19.8 Å². The van der Waals surface area contributed by atoms with E-state index in [2.05, 4.69) is 10.3 Å². The Morgan fingerprint density at radius 3 is 2.61 bits per heavy atom. The third-order valence-corrected chi connectivity index (χ3v) is 4.65. The largest absolute Gasteiger partial charge is 0.329 e. The molecular weight excluding hydrogens is 246 g/mol. The molecule has 1 aromatic rings. The molecule has 3 N–H and O–H groups in total. The van der Waals surface area contributed by atoms with E-state index in [0.717, 1.165) is 31.4 Å². The molecule has 1 fully saturated rings. The molecule has 0 bridgehead atoms. The lowest BCUT2D eigenvalue weighted by Crippen LogP contribution is -2.42. The summed E-state index contributed by atoms with van der Waals surface area (Å²) in [6, 6.07) is 0. The first kappa shape index (κ1) is 13.5. The summed E-state index contributed by atoms with van der Waals surface area (Å²) in [5.41, 5.74) is 6.45. The van der Waals surface area contributed by atoms with Crippen LogP contribution in [-0.4, -0.2) is 17.4 Å². The van der Waals surface area contributed by atoms with E-state index in [4.69, 9.17) is 5.73 Å². The monoisotopic (exact) mass is 267 g/mol. The number of anilines is 1. The molecule has 1 aliphatic carbocycles. The fourth-order valence-electron chi connectivity index (χ4n) is 2.57. The molecule has 0 saturated heterocycles. The number of thiazole rings is 1. The summed E-state index contributed by atoms with van der Waals surface area (Å²) in [6.45, 7) is 2.36. The van der Waals surface area contributed by atoms with Gasteiger partial charge in [-0.2, -0.15) is 0 Å².